The third kappa shape index (κ3) is 7.40. The molecule has 2 aromatic heterocycles. The molecule has 90 heavy (non-hydrogen) atoms. The molecule has 0 atom stereocenters. The van der Waals surface area contributed by atoms with Crippen molar-refractivity contribution < 1.29 is 4.74 Å². The molecule has 0 fully saturated rings. The quantitative estimate of drug-likeness (QED) is 0.165. The molecule has 4 heterocycles. The number of rotatable bonds is 6. The second kappa shape index (κ2) is 19.7. The summed E-state index contributed by atoms with van der Waals surface area (Å²) in [5.74, 6) is 3.09. The van der Waals surface area contributed by atoms with Crippen LogP contribution in [0.5, 0.6) is 11.5 Å². The Morgan fingerprint density at radius 3 is 1.38 bits per heavy atom. The van der Waals surface area contributed by atoms with Crippen LogP contribution in [-0.4, -0.2) is 19.9 Å². The Morgan fingerprint density at radius 1 is 0.322 bits per heavy atom. The molecule has 0 bridgehead atoms. The van der Waals surface area contributed by atoms with Gasteiger partial charge in [-0.05, 0) is 110 Å². The molecule has 5 nitrogen and oxygen atoms in total. The van der Waals surface area contributed by atoms with Crippen LogP contribution in [0.2, 0.25) is 0 Å². The third-order valence-corrected chi connectivity index (χ3v) is 21.3. The molecule has 0 unspecified atom stereocenters. The molecule has 2 aliphatic carbocycles. The highest BCUT2D eigenvalue weighted by Crippen LogP contribution is 2.66. The number of benzene rings is 12. The normalized spacial score (nSPS) is 15.3. The first-order chi connectivity index (χ1) is 44.2. The van der Waals surface area contributed by atoms with E-state index in [-0.39, 0.29) is 5.41 Å². The van der Waals surface area contributed by atoms with Crippen molar-refractivity contribution in [3.8, 4) is 56.8 Å². The maximum atomic E-state index is 7.69. The molecular formula is C84H58N4OS. The van der Waals surface area contributed by atoms with Gasteiger partial charge in [-0.2, -0.15) is 0 Å². The lowest BCUT2D eigenvalue weighted by Gasteiger charge is -2.52. The second-order valence-corrected chi connectivity index (χ2v) is 26.4. The van der Waals surface area contributed by atoms with Gasteiger partial charge in [-0.1, -0.05) is 275 Å². The highest BCUT2D eigenvalue weighted by atomic mass is 32.2. The first-order valence-corrected chi connectivity index (χ1v) is 32.0. The SMILES string of the molecule is CC1(C)c2ccccc2C2(c3ccccc3Oc3c(CC4(C)c5ccccc5C5(c6ccccc6Sc6cc(-c7nc(-c8ccccc8)nc8ccccc78)ccc65)c5ccccc54)cc(-c4nc(-c5ccccc5)c5ccccc5n4)cc32)c2ccccc21. The van der Waals surface area contributed by atoms with E-state index < -0.39 is 16.2 Å². The predicted molar refractivity (Wildman–Crippen MR) is 364 cm³/mol. The van der Waals surface area contributed by atoms with E-state index in [0.717, 1.165) is 83.6 Å². The van der Waals surface area contributed by atoms with E-state index in [1.807, 2.05) is 17.8 Å². The summed E-state index contributed by atoms with van der Waals surface area (Å²) >= 11 is 1.86. The van der Waals surface area contributed by atoms with Crippen molar-refractivity contribution >= 4 is 33.6 Å². The summed E-state index contributed by atoms with van der Waals surface area (Å²) in [7, 11) is 0. The summed E-state index contributed by atoms with van der Waals surface area (Å²) in [5.41, 5.74) is 21.2. The number of fused-ring (bicyclic) bond motifs is 18. The summed E-state index contributed by atoms with van der Waals surface area (Å²) in [6.45, 7) is 7.25. The van der Waals surface area contributed by atoms with E-state index in [9.17, 15) is 0 Å². The van der Waals surface area contributed by atoms with E-state index in [0.29, 0.717) is 18.1 Å². The lowest BCUT2D eigenvalue weighted by atomic mass is 9.52. The highest BCUT2D eigenvalue weighted by Gasteiger charge is 2.56. The van der Waals surface area contributed by atoms with Crippen LogP contribution in [0.25, 0.3) is 67.1 Å². The molecule has 426 valence electrons. The Morgan fingerprint density at radius 2 is 0.767 bits per heavy atom. The molecule has 18 rings (SSSR count). The first-order valence-electron chi connectivity index (χ1n) is 31.1. The number of para-hydroxylation sites is 3. The van der Waals surface area contributed by atoms with Gasteiger partial charge >= 0.3 is 0 Å². The molecule has 14 aromatic rings. The van der Waals surface area contributed by atoms with Gasteiger partial charge in [0, 0.05) is 64.8 Å². The average Bonchev–Trinajstić information content (AvgIpc) is 0.683. The van der Waals surface area contributed by atoms with Crippen LogP contribution in [0.4, 0.5) is 0 Å². The lowest BCUT2D eigenvalue weighted by molar-refractivity contribution is 0.413. The summed E-state index contributed by atoms with van der Waals surface area (Å²) in [4.78, 5) is 24.1. The zero-order valence-electron chi connectivity index (χ0n) is 49.9. The van der Waals surface area contributed by atoms with E-state index in [4.69, 9.17) is 24.7 Å². The standard InChI is InChI=1S/C84H58N4OS/c1-81(2)59-32-12-16-36-63(59)83(64-37-17-13-33-60(64)81)67-40-20-24-44-73(67)89-78-56(48-55(49-70(78)83)80-86-71-42-22-10-30-57(71)76(87-80)52-26-6-4-7-27-52)51-82(3)61-34-14-18-38-65(61)84(66-39-19-15-35-62(66)82)68-41-21-25-45-74(68)90-75-50-54(46-47-69(75)84)77-58-31-11-23-43-72(58)85-79(88-77)53-28-8-5-9-29-53/h4-50H,51H2,1-3H3. The summed E-state index contributed by atoms with van der Waals surface area (Å²) in [5, 5.41) is 2.03. The van der Waals surface area contributed by atoms with E-state index in [1.165, 1.54) is 65.4 Å². The monoisotopic (exact) mass is 1170 g/mol. The van der Waals surface area contributed by atoms with Crippen LogP contribution in [0, 0.1) is 0 Å². The minimum Gasteiger partial charge on any atom is -0.456 e. The predicted octanol–water partition coefficient (Wildman–Crippen LogP) is 20.1. The molecule has 0 amide bonds. The Kier molecular flexibility index (Phi) is 11.5. The van der Waals surface area contributed by atoms with Gasteiger partial charge in [0.15, 0.2) is 11.6 Å². The van der Waals surface area contributed by atoms with Crippen LogP contribution < -0.4 is 4.74 Å². The number of aromatic nitrogens is 4. The van der Waals surface area contributed by atoms with Crippen molar-refractivity contribution in [3.05, 3.63) is 357 Å². The summed E-state index contributed by atoms with van der Waals surface area (Å²) in [6.07, 6.45) is 0.589. The minimum absolute atomic E-state index is 0.302. The zero-order valence-corrected chi connectivity index (χ0v) is 50.8. The Labute approximate surface area is 527 Å². The third-order valence-electron chi connectivity index (χ3n) is 20.2. The summed E-state index contributed by atoms with van der Waals surface area (Å²) < 4.78 is 7.69. The van der Waals surface area contributed by atoms with E-state index in [2.05, 4.69) is 300 Å². The van der Waals surface area contributed by atoms with Crippen LogP contribution in [0.15, 0.2) is 295 Å². The van der Waals surface area contributed by atoms with Crippen LogP contribution >= 0.6 is 11.8 Å². The van der Waals surface area contributed by atoms with Gasteiger partial charge in [-0.25, -0.2) is 19.9 Å². The Balaban J connectivity index is 0.893. The number of nitrogens with zero attached hydrogens (tertiary/aromatic N) is 4. The van der Waals surface area contributed by atoms with Crippen molar-refractivity contribution in [2.75, 3.05) is 0 Å². The largest absolute Gasteiger partial charge is 0.456 e. The van der Waals surface area contributed by atoms with Crippen LogP contribution in [0.3, 0.4) is 0 Å². The van der Waals surface area contributed by atoms with Gasteiger partial charge in [-0.15, -0.1) is 0 Å². The van der Waals surface area contributed by atoms with Gasteiger partial charge < -0.3 is 4.74 Å². The topological polar surface area (TPSA) is 60.8 Å². The number of ether oxygens (including phenoxy) is 1. The fourth-order valence-corrected chi connectivity index (χ4v) is 17.5. The molecule has 0 radical (unpaired) electrons. The fraction of sp³-hybridized carbons (Fsp3) is 0.0952. The summed E-state index contributed by atoms with van der Waals surface area (Å²) in [6, 6.07) is 104. The molecular weight excluding hydrogens is 1110 g/mol. The molecule has 0 N–H and O–H groups in total. The first kappa shape index (κ1) is 52.6. The molecule has 4 aliphatic rings. The zero-order chi connectivity index (χ0) is 59.9. The van der Waals surface area contributed by atoms with Crippen LogP contribution in [-0.2, 0) is 28.1 Å². The fourth-order valence-electron chi connectivity index (χ4n) is 16.3. The smallest absolute Gasteiger partial charge is 0.160 e. The Hall–Kier alpha value is -10.5. The van der Waals surface area contributed by atoms with Crippen LogP contribution in [0.1, 0.15) is 93.1 Å². The van der Waals surface area contributed by atoms with Crippen molar-refractivity contribution in [2.45, 2.75) is 58.6 Å². The van der Waals surface area contributed by atoms with Crippen molar-refractivity contribution in [1.29, 1.82) is 0 Å². The van der Waals surface area contributed by atoms with Gasteiger partial charge in [0.1, 0.15) is 11.5 Å². The number of hydrogen-bond acceptors (Lipinski definition) is 6. The second-order valence-electron chi connectivity index (χ2n) is 25.3. The highest BCUT2D eigenvalue weighted by molar-refractivity contribution is 7.99. The number of hydrogen-bond donors (Lipinski definition) is 0. The lowest BCUT2D eigenvalue weighted by Crippen LogP contribution is -2.45. The maximum absolute atomic E-state index is 7.69. The van der Waals surface area contributed by atoms with Crippen molar-refractivity contribution in [3.63, 3.8) is 0 Å². The molecule has 0 saturated carbocycles. The average molecular weight is 1170 g/mol. The van der Waals surface area contributed by atoms with Crippen molar-refractivity contribution in [1.82, 2.24) is 19.9 Å². The van der Waals surface area contributed by atoms with E-state index >= 15 is 0 Å². The molecule has 2 aliphatic heterocycles. The van der Waals surface area contributed by atoms with Crippen molar-refractivity contribution in [2.24, 2.45) is 0 Å². The van der Waals surface area contributed by atoms with Gasteiger partial charge in [-0.3, -0.25) is 0 Å². The molecule has 12 aromatic carbocycles. The molecule has 2 spiro atoms. The van der Waals surface area contributed by atoms with Gasteiger partial charge in [0.25, 0.3) is 0 Å². The molecule has 0 saturated heterocycles. The van der Waals surface area contributed by atoms with Gasteiger partial charge in [0.2, 0.25) is 0 Å². The Bertz CT molecular complexity index is 5210. The maximum Gasteiger partial charge on any atom is 0.160 e. The van der Waals surface area contributed by atoms with Gasteiger partial charge in [0.05, 0.1) is 33.3 Å². The molecule has 6 heteroatoms. The van der Waals surface area contributed by atoms with E-state index in [1.54, 1.807) is 0 Å². The minimum atomic E-state index is -0.794.